The molecule has 1 aromatic heterocycles. The number of benzene rings is 1. The molecule has 0 radical (unpaired) electrons. The first kappa shape index (κ1) is 29.3. The van der Waals surface area contributed by atoms with Crippen molar-refractivity contribution in [1.29, 1.82) is 0 Å². The van der Waals surface area contributed by atoms with Crippen molar-refractivity contribution >= 4 is 18.0 Å². The molecule has 226 valence electrons. The summed E-state index contributed by atoms with van der Waals surface area (Å²) < 4.78 is 0. The van der Waals surface area contributed by atoms with Gasteiger partial charge in [0.25, 0.3) is 5.91 Å². The summed E-state index contributed by atoms with van der Waals surface area (Å²) in [5, 5.41) is 9.96. The number of nitrogens with one attached hydrogen (secondary N) is 3. The zero-order valence-electron chi connectivity index (χ0n) is 25.4. The second-order valence-electron chi connectivity index (χ2n) is 12.4. The zero-order valence-corrected chi connectivity index (χ0v) is 25.4. The van der Waals surface area contributed by atoms with Crippen LogP contribution in [0.5, 0.6) is 0 Å². The number of fused-ring (bicyclic) bond motifs is 7. The highest BCUT2D eigenvalue weighted by atomic mass is 16.2. The van der Waals surface area contributed by atoms with E-state index in [1.807, 2.05) is 36.2 Å². The van der Waals surface area contributed by atoms with Crippen LogP contribution < -0.4 is 16.0 Å². The van der Waals surface area contributed by atoms with Crippen LogP contribution in [0.4, 0.5) is 0 Å². The number of hydrogen-bond donors (Lipinski definition) is 3. The Bertz CT molecular complexity index is 1420. The third kappa shape index (κ3) is 6.44. The van der Waals surface area contributed by atoms with Crippen molar-refractivity contribution in [3.63, 3.8) is 0 Å². The molecule has 2 amide bonds. The van der Waals surface area contributed by atoms with Gasteiger partial charge < -0.3 is 20.9 Å². The molecule has 0 saturated carbocycles. The molecule has 3 aliphatic heterocycles. The maximum atomic E-state index is 13.8. The summed E-state index contributed by atoms with van der Waals surface area (Å²) in [6.45, 7) is 4.40. The average molecular weight is 581 g/mol. The first-order valence-electron chi connectivity index (χ1n) is 16.0. The number of hydrogen-bond acceptors (Lipinski definition) is 6. The fourth-order valence-corrected chi connectivity index (χ4v) is 7.27. The van der Waals surface area contributed by atoms with E-state index < -0.39 is 6.04 Å². The summed E-state index contributed by atoms with van der Waals surface area (Å²) in [4.78, 5) is 38.9. The monoisotopic (exact) mass is 580 g/mol. The molecule has 4 aliphatic rings. The highest BCUT2D eigenvalue weighted by Crippen LogP contribution is 2.37. The molecule has 1 saturated heterocycles. The van der Waals surface area contributed by atoms with Gasteiger partial charge in [-0.1, -0.05) is 42.5 Å². The van der Waals surface area contributed by atoms with Crippen LogP contribution in [0.1, 0.15) is 72.1 Å². The molecule has 8 heteroatoms. The second kappa shape index (κ2) is 13.2. The van der Waals surface area contributed by atoms with Crippen LogP contribution in [0.25, 0.3) is 0 Å². The van der Waals surface area contributed by atoms with Gasteiger partial charge in [-0.15, -0.1) is 0 Å². The smallest absolute Gasteiger partial charge is 0.253 e. The van der Waals surface area contributed by atoms with Gasteiger partial charge in [-0.2, -0.15) is 0 Å². The molecule has 1 fully saturated rings. The van der Waals surface area contributed by atoms with Crippen LogP contribution >= 0.6 is 0 Å². The van der Waals surface area contributed by atoms with E-state index in [0.29, 0.717) is 30.4 Å². The van der Waals surface area contributed by atoms with E-state index in [-0.39, 0.29) is 23.8 Å². The highest BCUT2D eigenvalue weighted by molar-refractivity contribution is 5.97. The minimum absolute atomic E-state index is 0.00441. The third-order valence-electron chi connectivity index (χ3n) is 9.68. The number of aliphatic imine (C=N–C) groups is 1. The summed E-state index contributed by atoms with van der Waals surface area (Å²) in [5.41, 5.74) is 5.22. The quantitative estimate of drug-likeness (QED) is 0.464. The number of nitrogens with zero attached hydrogens (tertiary/aromatic N) is 3. The molecule has 4 heterocycles. The number of pyridine rings is 1. The van der Waals surface area contributed by atoms with Gasteiger partial charge in [-0.05, 0) is 87.1 Å². The Morgan fingerprint density at radius 3 is 2.74 bits per heavy atom. The number of allylic oxidation sites excluding steroid dienone is 3. The Morgan fingerprint density at radius 1 is 1.05 bits per heavy atom. The van der Waals surface area contributed by atoms with Gasteiger partial charge in [0.1, 0.15) is 11.9 Å². The van der Waals surface area contributed by atoms with Gasteiger partial charge in [0, 0.05) is 56.1 Å². The van der Waals surface area contributed by atoms with Crippen LogP contribution in [0.3, 0.4) is 0 Å². The van der Waals surface area contributed by atoms with Gasteiger partial charge in [-0.3, -0.25) is 14.6 Å². The topological polar surface area (TPSA) is 98.7 Å². The van der Waals surface area contributed by atoms with Crippen LogP contribution in [-0.2, 0) is 17.6 Å². The summed E-state index contributed by atoms with van der Waals surface area (Å²) in [6.07, 6.45) is 14.8. The number of carbonyl (C=O) groups is 2. The maximum Gasteiger partial charge on any atom is 0.253 e. The lowest BCUT2D eigenvalue weighted by Crippen LogP contribution is -2.59. The van der Waals surface area contributed by atoms with E-state index in [1.165, 1.54) is 11.1 Å². The Labute approximate surface area is 255 Å². The number of amides is 2. The lowest BCUT2D eigenvalue weighted by Gasteiger charge is -2.43. The molecule has 5 atom stereocenters. The Morgan fingerprint density at radius 2 is 1.91 bits per heavy atom. The van der Waals surface area contributed by atoms with Crippen molar-refractivity contribution in [2.24, 2.45) is 16.8 Å². The summed E-state index contributed by atoms with van der Waals surface area (Å²) >= 11 is 0. The molecule has 8 nitrogen and oxygen atoms in total. The lowest BCUT2D eigenvalue weighted by atomic mass is 9.81. The first-order chi connectivity index (χ1) is 21.0. The number of rotatable bonds is 2. The molecule has 6 rings (SSSR count). The van der Waals surface area contributed by atoms with E-state index in [4.69, 9.17) is 9.98 Å². The maximum absolute atomic E-state index is 13.8. The summed E-state index contributed by atoms with van der Waals surface area (Å²) in [6, 6.07) is 11.8. The standard InChI is InChI=1S/C35H44N6O2/c1-23-29(25-11-7-5-8-12-25)20-32-35(43)41(23)15-14-37-13-9-4-3-6-10-24-16-30(33(36-2)39-21-24)26-17-27-18-28(34(42)40-32)22-38-31(27)19-26/h5-8,10-12,18,21-24,26,29,32,36-37H,3-4,9,13-17,19-20H2,1-2H3,(H,40,42)/b10-6+. The SMILES string of the molecule is CNC1=C2CC(C=N1)/C=C/CCCCNCCN1C(=O)C(CC(c3ccccc3)C1C)NC(=O)c1cnc3c(c1)CC2C3. The first-order valence-corrected chi connectivity index (χ1v) is 16.0. The highest BCUT2D eigenvalue weighted by Gasteiger charge is 2.41. The molecule has 1 aliphatic carbocycles. The second-order valence-corrected chi connectivity index (χ2v) is 12.4. The van der Waals surface area contributed by atoms with Crippen molar-refractivity contribution in [3.05, 3.63) is 88.5 Å². The third-order valence-corrected chi connectivity index (χ3v) is 9.68. The van der Waals surface area contributed by atoms with E-state index in [0.717, 1.165) is 68.7 Å². The Hall–Kier alpha value is -3.78. The van der Waals surface area contributed by atoms with Gasteiger partial charge in [0.15, 0.2) is 0 Å². The molecule has 43 heavy (non-hydrogen) atoms. The minimum Gasteiger partial charge on any atom is -0.373 e. The predicted octanol–water partition coefficient (Wildman–Crippen LogP) is 4.15. The fourth-order valence-electron chi connectivity index (χ4n) is 7.27. The molecular formula is C35H44N6O2. The number of carbonyl (C=O) groups excluding carboxylic acids is 2. The largest absolute Gasteiger partial charge is 0.373 e. The van der Waals surface area contributed by atoms with Gasteiger partial charge >= 0.3 is 0 Å². The summed E-state index contributed by atoms with van der Waals surface area (Å²) in [5.74, 6) is 1.47. The number of aromatic nitrogens is 1. The predicted molar refractivity (Wildman–Crippen MR) is 170 cm³/mol. The minimum atomic E-state index is -0.583. The molecule has 2 aromatic rings. The van der Waals surface area contributed by atoms with Crippen molar-refractivity contribution in [2.45, 2.75) is 69.9 Å². The van der Waals surface area contributed by atoms with Gasteiger partial charge in [0.05, 0.1) is 5.56 Å². The molecular weight excluding hydrogens is 536 g/mol. The van der Waals surface area contributed by atoms with Crippen LogP contribution in [0, 0.1) is 11.8 Å². The molecule has 1 aromatic carbocycles. The van der Waals surface area contributed by atoms with E-state index in [2.05, 4.69) is 53.4 Å². The summed E-state index contributed by atoms with van der Waals surface area (Å²) in [7, 11) is 1.94. The zero-order chi connectivity index (χ0) is 29.8. The van der Waals surface area contributed by atoms with Crippen LogP contribution in [0.15, 0.2) is 71.1 Å². The average Bonchev–Trinajstić information content (AvgIpc) is 3.46. The van der Waals surface area contributed by atoms with Crippen LogP contribution in [0.2, 0.25) is 0 Å². The molecule has 0 spiro atoms. The Kier molecular flexibility index (Phi) is 9.03. The van der Waals surface area contributed by atoms with E-state index in [9.17, 15) is 9.59 Å². The normalized spacial score (nSPS) is 29.1. The fraction of sp³-hybridized carbons (Fsp3) is 0.486. The van der Waals surface area contributed by atoms with Crippen molar-refractivity contribution in [1.82, 2.24) is 25.8 Å². The lowest BCUT2D eigenvalue weighted by molar-refractivity contribution is -0.139. The van der Waals surface area contributed by atoms with E-state index >= 15 is 0 Å². The van der Waals surface area contributed by atoms with Crippen molar-refractivity contribution < 1.29 is 9.59 Å². The number of piperidine rings is 1. The molecule has 7 bridgehead atoms. The van der Waals surface area contributed by atoms with E-state index in [1.54, 1.807) is 6.20 Å². The van der Waals surface area contributed by atoms with Crippen molar-refractivity contribution in [2.75, 3.05) is 26.7 Å². The van der Waals surface area contributed by atoms with Crippen molar-refractivity contribution in [3.8, 4) is 0 Å². The van der Waals surface area contributed by atoms with Gasteiger partial charge in [0.2, 0.25) is 5.91 Å². The molecule has 5 unspecified atom stereocenters. The Balaban J connectivity index is 1.27. The molecule has 3 N–H and O–H groups in total. The van der Waals surface area contributed by atoms with Gasteiger partial charge in [-0.25, -0.2) is 4.99 Å². The van der Waals surface area contributed by atoms with Crippen LogP contribution in [-0.4, -0.2) is 66.7 Å².